The van der Waals surface area contributed by atoms with Crippen LogP contribution in [0.15, 0.2) is 24.3 Å². The molecule has 1 N–H and O–H groups in total. The summed E-state index contributed by atoms with van der Waals surface area (Å²) >= 11 is 0. The summed E-state index contributed by atoms with van der Waals surface area (Å²) in [7, 11) is 2.05. The zero-order chi connectivity index (χ0) is 13.8. The van der Waals surface area contributed by atoms with Crippen molar-refractivity contribution in [2.75, 3.05) is 38.2 Å². The van der Waals surface area contributed by atoms with Crippen LogP contribution in [0, 0.1) is 0 Å². The maximum atomic E-state index is 11.5. The number of ketones is 1. The minimum absolute atomic E-state index is 0.0903. The molecule has 1 aliphatic heterocycles. The van der Waals surface area contributed by atoms with Crippen molar-refractivity contribution in [3.8, 4) is 0 Å². The van der Waals surface area contributed by atoms with Gasteiger partial charge in [-0.3, -0.25) is 9.69 Å². The highest BCUT2D eigenvalue weighted by molar-refractivity contribution is 5.94. The van der Waals surface area contributed by atoms with E-state index in [0.29, 0.717) is 0 Å². The molecule has 0 bridgehead atoms. The molecular formula is C15H22N2O2. The van der Waals surface area contributed by atoms with Gasteiger partial charge in [0.1, 0.15) is 0 Å². The molecule has 1 aromatic rings. The lowest BCUT2D eigenvalue weighted by Gasteiger charge is -2.28. The van der Waals surface area contributed by atoms with Crippen molar-refractivity contribution in [1.29, 1.82) is 0 Å². The van der Waals surface area contributed by atoms with Gasteiger partial charge in [0.25, 0.3) is 0 Å². The number of aliphatic hydroxyl groups is 1. The molecule has 1 aromatic carbocycles. The van der Waals surface area contributed by atoms with Crippen LogP contribution in [0.2, 0.25) is 0 Å². The average molecular weight is 262 g/mol. The van der Waals surface area contributed by atoms with E-state index in [0.717, 1.165) is 37.3 Å². The van der Waals surface area contributed by atoms with Gasteiger partial charge in [0.05, 0.1) is 6.61 Å². The molecule has 1 saturated heterocycles. The standard InChI is InChI=1S/C15H22N2O2/c1-12(19)13-5-3-6-14(9-13)17-8-4-7-16(2)15(10-17)11-18/h3,5-6,9,15,18H,4,7-8,10-11H2,1-2H3. The Morgan fingerprint density at radius 2 is 2.21 bits per heavy atom. The second-order valence-electron chi connectivity index (χ2n) is 5.22. The van der Waals surface area contributed by atoms with Crippen LogP contribution in [-0.2, 0) is 0 Å². The normalized spacial score (nSPS) is 21.2. The summed E-state index contributed by atoms with van der Waals surface area (Å²) in [4.78, 5) is 15.9. The topological polar surface area (TPSA) is 43.8 Å². The Bertz CT molecular complexity index is 448. The first-order valence-corrected chi connectivity index (χ1v) is 6.79. The summed E-state index contributed by atoms with van der Waals surface area (Å²) in [5.41, 5.74) is 1.82. The zero-order valence-electron chi connectivity index (χ0n) is 11.7. The van der Waals surface area contributed by atoms with E-state index >= 15 is 0 Å². The Morgan fingerprint density at radius 3 is 2.89 bits per heavy atom. The Labute approximate surface area is 114 Å². The summed E-state index contributed by atoms with van der Waals surface area (Å²) in [5, 5.41) is 9.47. The van der Waals surface area contributed by atoms with Gasteiger partial charge < -0.3 is 10.0 Å². The van der Waals surface area contributed by atoms with E-state index in [1.807, 2.05) is 24.3 Å². The van der Waals surface area contributed by atoms with Crippen LogP contribution in [0.3, 0.4) is 0 Å². The molecule has 2 rings (SSSR count). The second kappa shape index (κ2) is 6.17. The number of benzene rings is 1. The molecule has 0 amide bonds. The number of hydrogen-bond acceptors (Lipinski definition) is 4. The molecule has 1 heterocycles. The van der Waals surface area contributed by atoms with Crippen LogP contribution < -0.4 is 4.90 Å². The van der Waals surface area contributed by atoms with Gasteiger partial charge in [0.2, 0.25) is 0 Å². The van der Waals surface area contributed by atoms with Crippen LogP contribution >= 0.6 is 0 Å². The van der Waals surface area contributed by atoms with E-state index in [9.17, 15) is 9.90 Å². The summed E-state index contributed by atoms with van der Waals surface area (Å²) in [6, 6.07) is 7.91. The van der Waals surface area contributed by atoms with E-state index in [-0.39, 0.29) is 18.4 Å². The Kier molecular flexibility index (Phi) is 4.56. The first kappa shape index (κ1) is 14.0. The van der Waals surface area contributed by atoms with Gasteiger partial charge in [-0.25, -0.2) is 0 Å². The smallest absolute Gasteiger partial charge is 0.159 e. The second-order valence-corrected chi connectivity index (χ2v) is 5.22. The number of Topliss-reactive ketones (excluding diaryl/α,β-unsaturated/α-hetero) is 1. The number of aliphatic hydroxyl groups excluding tert-OH is 1. The molecular weight excluding hydrogens is 240 g/mol. The van der Waals surface area contributed by atoms with Crippen molar-refractivity contribution in [2.24, 2.45) is 0 Å². The maximum Gasteiger partial charge on any atom is 0.159 e. The van der Waals surface area contributed by atoms with Crippen LogP contribution in [0.4, 0.5) is 5.69 Å². The average Bonchev–Trinajstić information content (AvgIpc) is 2.60. The highest BCUT2D eigenvalue weighted by Gasteiger charge is 2.22. The number of carbonyl (C=O) groups excluding carboxylic acids is 1. The summed E-state index contributed by atoms with van der Waals surface area (Å²) in [6.07, 6.45) is 1.07. The van der Waals surface area contributed by atoms with Gasteiger partial charge in [-0.05, 0) is 39.1 Å². The lowest BCUT2D eigenvalue weighted by Crippen LogP contribution is -2.41. The molecule has 4 heteroatoms. The third-order valence-corrected chi connectivity index (χ3v) is 3.82. The van der Waals surface area contributed by atoms with Crippen molar-refractivity contribution in [3.05, 3.63) is 29.8 Å². The maximum absolute atomic E-state index is 11.5. The first-order chi connectivity index (χ1) is 9.11. The SMILES string of the molecule is CC(=O)c1cccc(N2CCCN(C)C(CO)C2)c1. The van der Waals surface area contributed by atoms with E-state index in [2.05, 4.69) is 16.8 Å². The molecule has 104 valence electrons. The van der Waals surface area contributed by atoms with Crippen molar-refractivity contribution in [1.82, 2.24) is 4.90 Å². The number of carbonyl (C=O) groups is 1. The molecule has 0 spiro atoms. The Morgan fingerprint density at radius 1 is 1.42 bits per heavy atom. The fourth-order valence-corrected chi connectivity index (χ4v) is 2.53. The molecule has 1 aliphatic rings. The fraction of sp³-hybridized carbons (Fsp3) is 0.533. The minimum atomic E-state index is 0.0903. The van der Waals surface area contributed by atoms with Gasteiger partial charge in [0, 0.05) is 30.4 Å². The molecule has 0 aliphatic carbocycles. The van der Waals surface area contributed by atoms with E-state index in [1.165, 1.54) is 0 Å². The summed E-state index contributed by atoms with van der Waals surface area (Å²) in [6.45, 7) is 4.51. The molecule has 0 saturated carbocycles. The van der Waals surface area contributed by atoms with Crippen LogP contribution in [0.5, 0.6) is 0 Å². The third-order valence-electron chi connectivity index (χ3n) is 3.82. The van der Waals surface area contributed by atoms with E-state index in [4.69, 9.17) is 0 Å². The van der Waals surface area contributed by atoms with Crippen molar-refractivity contribution >= 4 is 11.5 Å². The monoisotopic (exact) mass is 262 g/mol. The molecule has 1 fully saturated rings. The summed E-state index contributed by atoms with van der Waals surface area (Å²) in [5.74, 6) is 0.0903. The summed E-state index contributed by atoms with van der Waals surface area (Å²) < 4.78 is 0. The largest absolute Gasteiger partial charge is 0.395 e. The van der Waals surface area contributed by atoms with Gasteiger partial charge in [0.15, 0.2) is 5.78 Å². The van der Waals surface area contributed by atoms with Crippen molar-refractivity contribution in [3.63, 3.8) is 0 Å². The third kappa shape index (κ3) is 3.33. The molecule has 19 heavy (non-hydrogen) atoms. The minimum Gasteiger partial charge on any atom is -0.395 e. The quantitative estimate of drug-likeness (QED) is 0.836. The van der Waals surface area contributed by atoms with Gasteiger partial charge in [-0.15, -0.1) is 0 Å². The van der Waals surface area contributed by atoms with E-state index < -0.39 is 0 Å². The number of likely N-dealkylation sites (N-methyl/N-ethyl adjacent to an activating group) is 1. The van der Waals surface area contributed by atoms with Crippen LogP contribution in [-0.4, -0.2) is 55.1 Å². The zero-order valence-corrected chi connectivity index (χ0v) is 11.7. The van der Waals surface area contributed by atoms with Gasteiger partial charge in [-0.1, -0.05) is 12.1 Å². The van der Waals surface area contributed by atoms with Gasteiger partial charge in [-0.2, -0.15) is 0 Å². The fourth-order valence-electron chi connectivity index (χ4n) is 2.53. The molecule has 1 unspecified atom stereocenters. The van der Waals surface area contributed by atoms with Crippen molar-refractivity contribution < 1.29 is 9.90 Å². The lowest BCUT2D eigenvalue weighted by molar-refractivity contribution is 0.101. The highest BCUT2D eigenvalue weighted by atomic mass is 16.3. The molecule has 1 atom stereocenters. The number of hydrogen-bond donors (Lipinski definition) is 1. The number of anilines is 1. The predicted octanol–water partition coefficient (Wildman–Crippen LogP) is 1.39. The van der Waals surface area contributed by atoms with Crippen LogP contribution in [0.25, 0.3) is 0 Å². The molecule has 0 radical (unpaired) electrons. The first-order valence-electron chi connectivity index (χ1n) is 6.79. The van der Waals surface area contributed by atoms with E-state index in [1.54, 1.807) is 6.92 Å². The van der Waals surface area contributed by atoms with Crippen molar-refractivity contribution in [2.45, 2.75) is 19.4 Å². The Balaban J connectivity index is 2.20. The predicted molar refractivity (Wildman–Crippen MR) is 76.8 cm³/mol. The lowest BCUT2D eigenvalue weighted by atomic mass is 10.1. The Hall–Kier alpha value is -1.39. The molecule has 0 aromatic heterocycles. The number of rotatable bonds is 3. The number of nitrogens with zero attached hydrogens (tertiary/aromatic N) is 2. The molecule has 4 nitrogen and oxygen atoms in total. The van der Waals surface area contributed by atoms with Gasteiger partial charge >= 0.3 is 0 Å². The van der Waals surface area contributed by atoms with Crippen LogP contribution in [0.1, 0.15) is 23.7 Å². The highest BCUT2D eigenvalue weighted by Crippen LogP contribution is 2.20.